The second kappa shape index (κ2) is 8.20. The van der Waals surface area contributed by atoms with Gasteiger partial charge in [0.15, 0.2) is 9.84 Å². The highest BCUT2D eigenvalue weighted by Crippen LogP contribution is 2.37. The van der Waals surface area contributed by atoms with Crippen molar-refractivity contribution in [3.05, 3.63) is 47.5 Å². The minimum Gasteiger partial charge on any atom is -0.326 e. The number of carbonyl (C=O) groups is 2. The lowest BCUT2D eigenvalue weighted by Gasteiger charge is -2.22. The Kier molecular flexibility index (Phi) is 6.05. The molecule has 2 aromatic rings. The second-order valence-electron chi connectivity index (χ2n) is 7.33. The van der Waals surface area contributed by atoms with Crippen molar-refractivity contribution in [1.29, 1.82) is 0 Å². The maximum absolute atomic E-state index is 12.9. The molecule has 0 spiro atoms. The summed E-state index contributed by atoms with van der Waals surface area (Å²) in [5.41, 5.74) is 3.17. The maximum Gasteiger partial charge on any atom is 0.237 e. The SMILES string of the molecule is Cc1cccc(NC(=O)[C@H](C)CS(=O)(=O)c2ccc3c(c2)NC(=O)[C@@H](C)S3)c1C. The molecule has 6 nitrogen and oxygen atoms in total. The molecule has 154 valence electrons. The number of amides is 2. The van der Waals surface area contributed by atoms with Gasteiger partial charge in [-0.05, 0) is 56.2 Å². The van der Waals surface area contributed by atoms with Crippen molar-refractivity contribution in [3.8, 4) is 0 Å². The quantitative estimate of drug-likeness (QED) is 0.750. The van der Waals surface area contributed by atoms with Crippen molar-refractivity contribution in [2.75, 3.05) is 16.4 Å². The van der Waals surface area contributed by atoms with Crippen LogP contribution >= 0.6 is 11.8 Å². The maximum atomic E-state index is 12.9. The highest BCUT2D eigenvalue weighted by molar-refractivity contribution is 8.01. The van der Waals surface area contributed by atoms with E-state index in [-0.39, 0.29) is 27.7 Å². The summed E-state index contributed by atoms with van der Waals surface area (Å²) >= 11 is 1.39. The second-order valence-corrected chi connectivity index (χ2v) is 10.7. The van der Waals surface area contributed by atoms with E-state index in [1.54, 1.807) is 26.0 Å². The van der Waals surface area contributed by atoms with Crippen molar-refractivity contribution in [3.63, 3.8) is 0 Å². The van der Waals surface area contributed by atoms with Crippen molar-refractivity contribution in [2.45, 2.75) is 42.7 Å². The van der Waals surface area contributed by atoms with Gasteiger partial charge in [-0.1, -0.05) is 19.1 Å². The van der Waals surface area contributed by atoms with Crippen LogP contribution in [0.1, 0.15) is 25.0 Å². The fourth-order valence-corrected chi connectivity index (χ4v) is 5.53. The minimum atomic E-state index is -3.70. The fourth-order valence-electron chi connectivity index (χ4n) is 3.02. The van der Waals surface area contributed by atoms with Crippen LogP contribution in [0.15, 0.2) is 46.2 Å². The number of rotatable bonds is 5. The zero-order valence-corrected chi connectivity index (χ0v) is 18.4. The molecule has 2 atom stereocenters. The summed E-state index contributed by atoms with van der Waals surface area (Å²) < 4.78 is 25.7. The van der Waals surface area contributed by atoms with Crippen LogP contribution in [0.5, 0.6) is 0 Å². The molecule has 3 rings (SSSR count). The first-order valence-corrected chi connectivity index (χ1v) is 11.8. The smallest absolute Gasteiger partial charge is 0.237 e. The molecule has 0 bridgehead atoms. The Labute approximate surface area is 175 Å². The number of aryl methyl sites for hydroxylation is 1. The number of sulfone groups is 1. The molecule has 0 unspecified atom stereocenters. The molecule has 0 saturated carbocycles. The molecule has 8 heteroatoms. The van der Waals surface area contributed by atoms with Crippen LogP contribution in [0.2, 0.25) is 0 Å². The van der Waals surface area contributed by atoms with E-state index in [1.165, 1.54) is 23.9 Å². The highest BCUT2D eigenvalue weighted by Gasteiger charge is 2.27. The lowest BCUT2D eigenvalue weighted by molar-refractivity contribution is -0.119. The number of thioether (sulfide) groups is 1. The van der Waals surface area contributed by atoms with Crippen molar-refractivity contribution in [1.82, 2.24) is 0 Å². The zero-order chi connectivity index (χ0) is 21.3. The number of hydrogen-bond acceptors (Lipinski definition) is 5. The lowest BCUT2D eigenvalue weighted by Crippen LogP contribution is -2.28. The van der Waals surface area contributed by atoms with E-state index in [1.807, 2.05) is 26.0 Å². The van der Waals surface area contributed by atoms with Crippen LogP contribution in [0.3, 0.4) is 0 Å². The minimum absolute atomic E-state index is 0.0955. The lowest BCUT2D eigenvalue weighted by atomic mass is 10.1. The summed E-state index contributed by atoms with van der Waals surface area (Å²) in [6, 6.07) is 10.3. The Morgan fingerprint density at radius 2 is 1.97 bits per heavy atom. The monoisotopic (exact) mass is 432 g/mol. The third kappa shape index (κ3) is 4.64. The molecular formula is C21H24N2O4S2. The predicted molar refractivity (Wildman–Crippen MR) is 116 cm³/mol. The van der Waals surface area contributed by atoms with Gasteiger partial charge in [0.05, 0.1) is 21.6 Å². The van der Waals surface area contributed by atoms with Gasteiger partial charge in [0.1, 0.15) is 0 Å². The average molecular weight is 433 g/mol. The molecule has 2 aromatic carbocycles. The molecule has 0 aliphatic carbocycles. The predicted octanol–water partition coefficient (Wildman–Crippen LogP) is 3.78. The van der Waals surface area contributed by atoms with E-state index in [2.05, 4.69) is 10.6 Å². The van der Waals surface area contributed by atoms with E-state index >= 15 is 0 Å². The zero-order valence-electron chi connectivity index (χ0n) is 16.8. The van der Waals surface area contributed by atoms with E-state index < -0.39 is 15.8 Å². The van der Waals surface area contributed by atoms with Crippen LogP contribution in [0.25, 0.3) is 0 Å². The molecule has 1 aliphatic rings. The van der Waals surface area contributed by atoms with Crippen LogP contribution in [0, 0.1) is 19.8 Å². The molecule has 29 heavy (non-hydrogen) atoms. The van der Waals surface area contributed by atoms with Crippen molar-refractivity contribution in [2.24, 2.45) is 5.92 Å². The number of fused-ring (bicyclic) bond motifs is 1. The van der Waals surface area contributed by atoms with Gasteiger partial charge in [-0.2, -0.15) is 0 Å². The van der Waals surface area contributed by atoms with Crippen LogP contribution < -0.4 is 10.6 Å². The molecule has 1 heterocycles. The van der Waals surface area contributed by atoms with Gasteiger partial charge in [0.2, 0.25) is 11.8 Å². The number of benzene rings is 2. The van der Waals surface area contributed by atoms with E-state index in [0.29, 0.717) is 11.4 Å². The van der Waals surface area contributed by atoms with Gasteiger partial charge in [-0.25, -0.2) is 8.42 Å². The van der Waals surface area contributed by atoms with E-state index in [4.69, 9.17) is 0 Å². The summed E-state index contributed by atoms with van der Waals surface area (Å²) in [6.45, 7) is 7.25. The van der Waals surface area contributed by atoms with Gasteiger partial charge in [-0.15, -0.1) is 11.8 Å². The highest BCUT2D eigenvalue weighted by atomic mass is 32.2. The summed E-state index contributed by atoms with van der Waals surface area (Å²) in [4.78, 5) is 25.4. The van der Waals surface area contributed by atoms with Crippen LogP contribution in [0.4, 0.5) is 11.4 Å². The Bertz CT molecular complexity index is 1080. The van der Waals surface area contributed by atoms with E-state index in [9.17, 15) is 18.0 Å². The third-order valence-electron chi connectivity index (χ3n) is 5.02. The largest absolute Gasteiger partial charge is 0.326 e. The topological polar surface area (TPSA) is 92.3 Å². The number of nitrogens with one attached hydrogen (secondary N) is 2. The van der Waals surface area contributed by atoms with Crippen LogP contribution in [-0.4, -0.2) is 31.2 Å². The van der Waals surface area contributed by atoms with Crippen molar-refractivity contribution < 1.29 is 18.0 Å². The molecule has 1 aliphatic heterocycles. The molecular weight excluding hydrogens is 408 g/mol. The van der Waals surface area contributed by atoms with Gasteiger partial charge in [0, 0.05) is 16.5 Å². The van der Waals surface area contributed by atoms with Crippen molar-refractivity contribution >= 4 is 44.8 Å². The third-order valence-corrected chi connectivity index (χ3v) is 8.11. The Hall–Kier alpha value is -2.32. The average Bonchev–Trinajstić information content (AvgIpc) is 2.65. The summed E-state index contributed by atoms with van der Waals surface area (Å²) in [5.74, 6) is -1.56. The first kappa shape index (κ1) is 21.4. The number of hydrogen-bond donors (Lipinski definition) is 2. The molecule has 0 fully saturated rings. The van der Waals surface area contributed by atoms with Crippen LogP contribution in [-0.2, 0) is 19.4 Å². The Balaban J connectivity index is 1.75. The first-order chi connectivity index (χ1) is 13.6. The van der Waals surface area contributed by atoms with Gasteiger partial charge < -0.3 is 10.6 Å². The normalized spacial score (nSPS) is 17.2. The van der Waals surface area contributed by atoms with Gasteiger partial charge in [-0.3, -0.25) is 9.59 Å². The molecule has 0 aromatic heterocycles. The molecule has 2 amide bonds. The van der Waals surface area contributed by atoms with Gasteiger partial charge >= 0.3 is 0 Å². The first-order valence-electron chi connectivity index (χ1n) is 9.30. The number of carbonyl (C=O) groups excluding carboxylic acids is 2. The Morgan fingerprint density at radius 1 is 1.24 bits per heavy atom. The van der Waals surface area contributed by atoms with E-state index in [0.717, 1.165) is 16.0 Å². The molecule has 0 saturated heterocycles. The van der Waals surface area contributed by atoms with Gasteiger partial charge in [0.25, 0.3) is 0 Å². The molecule has 2 N–H and O–H groups in total. The Morgan fingerprint density at radius 3 is 2.69 bits per heavy atom. The standard InChI is InChI=1S/C21H24N2O4S2/c1-12-6-5-7-17(14(12)3)22-20(24)13(2)11-29(26,27)16-8-9-19-18(10-16)23-21(25)15(4)28-19/h5-10,13,15H,11H2,1-4H3,(H,22,24)(H,23,25)/t13-,15-/m1/s1. The molecule has 0 radical (unpaired) electrons. The number of anilines is 2. The summed E-state index contributed by atoms with van der Waals surface area (Å²) in [7, 11) is -3.70. The fraction of sp³-hybridized carbons (Fsp3) is 0.333. The summed E-state index contributed by atoms with van der Waals surface area (Å²) in [6.07, 6.45) is 0. The summed E-state index contributed by atoms with van der Waals surface area (Å²) in [5, 5.41) is 5.34.